The van der Waals surface area contributed by atoms with Gasteiger partial charge in [-0.05, 0) is 42.0 Å². The van der Waals surface area contributed by atoms with Crippen molar-refractivity contribution in [1.82, 2.24) is 4.90 Å². The summed E-state index contributed by atoms with van der Waals surface area (Å²) in [6, 6.07) is 14.8. The Balaban J connectivity index is 1.59. The summed E-state index contributed by atoms with van der Waals surface area (Å²) in [5.41, 5.74) is 1.73. The van der Waals surface area contributed by atoms with Crippen LogP contribution < -0.4 is 0 Å². The van der Waals surface area contributed by atoms with Crippen molar-refractivity contribution in [1.29, 1.82) is 0 Å². The predicted molar refractivity (Wildman–Crippen MR) is 96.9 cm³/mol. The minimum Gasteiger partial charge on any atom is -0.508 e. The highest BCUT2D eigenvalue weighted by Gasteiger charge is 2.71. The number of hydrogen-bond acceptors (Lipinski definition) is 4. The molecule has 136 valence electrons. The minimum absolute atomic E-state index is 0.00995. The van der Waals surface area contributed by atoms with Crippen molar-refractivity contribution in [2.75, 3.05) is 19.7 Å². The number of aryl methyl sites for hydroxylation is 1. The minimum atomic E-state index is -0.673. The Morgan fingerprint density at radius 3 is 2.62 bits per heavy atom. The van der Waals surface area contributed by atoms with Crippen molar-refractivity contribution in [3.05, 3.63) is 65.2 Å². The molecule has 4 rings (SSSR count). The number of phenols is 1. The van der Waals surface area contributed by atoms with Crippen LogP contribution in [-0.4, -0.2) is 51.9 Å². The van der Waals surface area contributed by atoms with Gasteiger partial charge in [-0.1, -0.05) is 36.4 Å². The second-order valence-electron chi connectivity index (χ2n) is 7.49. The molecule has 0 bridgehead atoms. The zero-order valence-electron chi connectivity index (χ0n) is 14.7. The molecule has 0 aromatic heterocycles. The zero-order valence-corrected chi connectivity index (χ0v) is 14.7. The highest BCUT2D eigenvalue weighted by molar-refractivity contribution is 5.95. The SMILES string of the molecule is Cc1ccc(C(=O)N2C[C@@H](O)[C@@]3(C2)[C@H](CO)[C@H]3c2ccccc2)cc1O. The first-order chi connectivity index (χ1) is 12.5. The Morgan fingerprint density at radius 1 is 1.23 bits per heavy atom. The monoisotopic (exact) mass is 353 g/mol. The van der Waals surface area contributed by atoms with E-state index >= 15 is 0 Å². The van der Waals surface area contributed by atoms with Crippen LogP contribution in [0.2, 0.25) is 0 Å². The molecule has 1 aliphatic heterocycles. The molecule has 2 aliphatic rings. The molecule has 0 radical (unpaired) electrons. The summed E-state index contributed by atoms with van der Waals surface area (Å²) >= 11 is 0. The molecule has 5 nitrogen and oxygen atoms in total. The first-order valence-electron chi connectivity index (χ1n) is 8.92. The number of amides is 1. The number of carbonyl (C=O) groups is 1. The number of aliphatic hydroxyl groups is 2. The molecule has 2 aromatic rings. The average Bonchev–Trinajstić information content (AvgIpc) is 3.19. The molecule has 1 heterocycles. The van der Waals surface area contributed by atoms with E-state index in [1.54, 1.807) is 24.0 Å². The second-order valence-corrected chi connectivity index (χ2v) is 7.49. The molecule has 26 heavy (non-hydrogen) atoms. The van der Waals surface area contributed by atoms with Gasteiger partial charge in [0.2, 0.25) is 0 Å². The Morgan fingerprint density at radius 2 is 1.96 bits per heavy atom. The van der Waals surface area contributed by atoms with E-state index in [1.165, 1.54) is 6.07 Å². The molecular weight excluding hydrogens is 330 g/mol. The number of nitrogens with zero attached hydrogens (tertiary/aromatic N) is 1. The fraction of sp³-hybridized carbons (Fsp3) is 0.381. The number of benzene rings is 2. The van der Waals surface area contributed by atoms with E-state index in [4.69, 9.17) is 0 Å². The largest absolute Gasteiger partial charge is 0.508 e. The Hall–Kier alpha value is -2.37. The lowest BCUT2D eigenvalue weighted by Crippen LogP contribution is -2.29. The van der Waals surface area contributed by atoms with Crippen LogP contribution in [0.25, 0.3) is 0 Å². The maximum Gasteiger partial charge on any atom is 0.254 e. The van der Waals surface area contributed by atoms with Gasteiger partial charge in [-0.2, -0.15) is 0 Å². The van der Waals surface area contributed by atoms with Gasteiger partial charge in [-0.15, -0.1) is 0 Å². The molecule has 0 unspecified atom stereocenters. The Bertz CT molecular complexity index is 837. The van der Waals surface area contributed by atoms with Crippen molar-refractivity contribution in [3.8, 4) is 5.75 Å². The maximum atomic E-state index is 12.9. The van der Waals surface area contributed by atoms with Crippen molar-refractivity contribution >= 4 is 5.91 Å². The Kier molecular flexibility index (Phi) is 4.01. The number of aliphatic hydroxyl groups excluding tert-OH is 2. The van der Waals surface area contributed by atoms with Gasteiger partial charge in [0.05, 0.1) is 6.10 Å². The van der Waals surface area contributed by atoms with Crippen molar-refractivity contribution in [2.24, 2.45) is 11.3 Å². The summed E-state index contributed by atoms with van der Waals surface area (Å²) in [4.78, 5) is 14.5. The molecule has 1 saturated heterocycles. The summed E-state index contributed by atoms with van der Waals surface area (Å²) in [5, 5.41) is 30.5. The summed E-state index contributed by atoms with van der Waals surface area (Å²) in [6.45, 7) is 2.42. The van der Waals surface area contributed by atoms with Gasteiger partial charge in [0.1, 0.15) is 5.75 Å². The molecule has 1 amide bonds. The molecule has 5 heteroatoms. The van der Waals surface area contributed by atoms with Crippen molar-refractivity contribution < 1.29 is 20.1 Å². The number of aromatic hydroxyl groups is 1. The maximum absolute atomic E-state index is 12.9. The fourth-order valence-electron chi connectivity index (χ4n) is 4.65. The van der Waals surface area contributed by atoms with E-state index in [-0.39, 0.29) is 36.6 Å². The standard InChI is InChI=1S/C21H23NO4/c1-13-7-8-15(9-17(13)24)20(26)22-10-18(25)21(12-22)16(11-23)19(21)14-5-3-2-4-6-14/h2-9,16,18-19,23-25H,10-12H2,1H3/t16-,18-,19-,21-/m1/s1. The summed E-state index contributed by atoms with van der Waals surface area (Å²) in [7, 11) is 0. The average molecular weight is 353 g/mol. The number of rotatable bonds is 3. The summed E-state index contributed by atoms with van der Waals surface area (Å²) < 4.78 is 0. The van der Waals surface area contributed by atoms with Crippen LogP contribution in [0.15, 0.2) is 48.5 Å². The normalized spacial score (nSPS) is 30.0. The van der Waals surface area contributed by atoms with Crippen molar-refractivity contribution in [2.45, 2.75) is 18.9 Å². The molecule has 1 saturated carbocycles. The predicted octanol–water partition coefficient (Wildman–Crippen LogP) is 1.91. The van der Waals surface area contributed by atoms with Gasteiger partial charge in [-0.3, -0.25) is 4.79 Å². The first-order valence-corrected chi connectivity index (χ1v) is 8.92. The third kappa shape index (κ3) is 2.42. The lowest BCUT2D eigenvalue weighted by Gasteiger charge is -2.17. The van der Waals surface area contributed by atoms with E-state index in [1.807, 2.05) is 30.3 Å². The van der Waals surface area contributed by atoms with Crippen LogP contribution >= 0.6 is 0 Å². The molecule has 3 N–H and O–H groups in total. The van der Waals surface area contributed by atoms with Gasteiger partial charge in [-0.25, -0.2) is 0 Å². The van der Waals surface area contributed by atoms with Crippen molar-refractivity contribution in [3.63, 3.8) is 0 Å². The highest BCUT2D eigenvalue weighted by atomic mass is 16.3. The van der Waals surface area contributed by atoms with Gasteiger partial charge < -0.3 is 20.2 Å². The summed E-state index contributed by atoms with van der Waals surface area (Å²) in [6.07, 6.45) is -0.673. The van der Waals surface area contributed by atoms with Gasteiger partial charge in [0.15, 0.2) is 0 Å². The van der Waals surface area contributed by atoms with E-state index < -0.39 is 11.5 Å². The van der Waals surface area contributed by atoms with Gasteiger partial charge in [0.25, 0.3) is 5.91 Å². The molecule has 2 aromatic carbocycles. The Labute approximate surface area is 152 Å². The number of likely N-dealkylation sites (tertiary alicyclic amines) is 1. The van der Waals surface area contributed by atoms with E-state index in [9.17, 15) is 20.1 Å². The van der Waals surface area contributed by atoms with Crippen LogP contribution in [-0.2, 0) is 0 Å². The lowest BCUT2D eigenvalue weighted by molar-refractivity contribution is 0.0763. The zero-order chi connectivity index (χ0) is 18.5. The van der Waals surface area contributed by atoms with Crippen LogP contribution in [0.1, 0.15) is 27.4 Å². The molecule has 2 fully saturated rings. The fourth-order valence-corrected chi connectivity index (χ4v) is 4.65. The van der Waals surface area contributed by atoms with E-state index in [2.05, 4.69) is 0 Å². The smallest absolute Gasteiger partial charge is 0.254 e. The van der Waals surface area contributed by atoms with Crippen LogP contribution in [0.3, 0.4) is 0 Å². The number of hydrogen-bond donors (Lipinski definition) is 3. The quantitative estimate of drug-likeness (QED) is 0.787. The van der Waals surface area contributed by atoms with Crippen LogP contribution in [0, 0.1) is 18.3 Å². The van der Waals surface area contributed by atoms with Crippen LogP contribution in [0.4, 0.5) is 0 Å². The van der Waals surface area contributed by atoms with E-state index in [0.29, 0.717) is 17.7 Å². The second kappa shape index (κ2) is 6.11. The van der Waals surface area contributed by atoms with Gasteiger partial charge in [0, 0.05) is 30.7 Å². The molecule has 4 atom stereocenters. The third-order valence-electron chi connectivity index (χ3n) is 6.14. The molecule has 1 spiro atoms. The highest BCUT2D eigenvalue weighted by Crippen LogP contribution is 2.68. The van der Waals surface area contributed by atoms with Gasteiger partial charge >= 0.3 is 0 Å². The number of carbonyl (C=O) groups excluding carboxylic acids is 1. The third-order valence-corrected chi connectivity index (χ3v) is 6.14. The topological polar surface area (TPSA) is 81.0 Å². The van der Waals surface area contributed by atoms with Crippen LogP contribution in [0.5, 0.6) is 5.75 Å². The first kappa shape index (κ1) is 17.1. The van der Waals surface area contributed by atoms with E-state index in [0.717, 1.165) is 5.56 Å². The molecule has 1 aliphatic carbocycles. The number of β-amino-alcohol motifs (C(OH)–C–C–N with tert-alkyl or cyclic N) is 1. The molecular formula is C21H23NO4. The lowest BCUT2D eigenvalue weighted by atomic mass is 9.95. The number of phenolic OH excluding ortho intramolecular Hbond substituents is 1. The summed E-state index contributed by atoms with van der Waals surface area (Å²) in [5.74, 6) is -0.115.